The van der Waals surface area contributed by atoms with Gasteiger partial charge in [0.15, 0.2) is 5.65 Å². The Labute approximate surface area is 249 Å². The smallest absolute Gasteiger partial charge is 0.240 e. The third kappa shape index (κ3) is 7.29. The van der Waals surface area contributed by atoms with Crippen LogP contribution in [0.15, 0.2) is 64.5 Å². The van der Waals surface area contributed by atoms with Gasteiger partial charge in [-0.05, 0) is 61.4 Å². The Hall–Kier alpha value is -3.67. The molecule has 1 aliphatic rings. The Balaban J connectivity index is 1.45. The molecule has 0 amide bonds. The van der Waals surface area contributed by atoms with Crippen LogP contribution in [0.5, 0.6) is 0 Å². The fourth-order valence-electron chi connectivity index (χ4n) is 4.90. The highest BCUT2D eigenvalue weighted by Crippen LogP contribution is 2.33. The monoisotopic (exact) mass is 630 g/mol. The predicted molar refractivity (Wildman–Crippen MR) is 161 cm³/mol. The van der Waals surface area contributed by atoms with Crippen molar-refractivity contribution in [1.29, 1.82) is 0 Å². The molecular weight excluding hydrogens is 596 g/mol. The highest BCUT2D eigenvalue weighted by atomic mass is 32.2. The van der Waals surface area contributed by atoms with Crippen molar-refractivity contribution in [2.45, 2.75) is 47.9 Å². The molecule has 2 aromatic carbocycles. The van der Waals surface area contributed by atoms with Gasteiger partial charge in [-0.25, -0.2) is 31.0 Å². The first-order chi connectivity index (χ1) is 20.7. The van der Waals surface area contributed by atoms with Gasteiger partial charge >= 0.3 is 0 Å². The van der Waals surface area contributed by atoms with E-state index in [-0.39, 0.29) is 48.1 Å². The molecule has 4 aromatic rings. The predicted octanol–water partition coefficient (Wildman–Crippen LogP) is 2.36. The topological polar surface area (TPSA) is 200 Å². The number of aromatic nitrogens is 4. The van der Waals surface area contributed by atoms with Crippen LogP contribution < -0.4 is 20.1 Å². The minimum atomic E-state index is -3.75. The fourth-order valence-corrected chi connectivity index (χ4v) is 6.94. The molecule has 0 unspecified atom stereocenters. The molecule has 1 fully saturated rings. The van der Waals surface area contributed by atoms with E-state index in [9.17, 15) is 16.8 Å². The van der Waals surface area contributed by atoms with Crippen molar-refractivity contribution in [3.8, 4) is 0 Å². The van der Waals surface area contributed by atoms with Crippen molar-refractivity contribution in [2.75, 3.05) is 36.9 Å². The Morgan fingerprint density at radius 3 is 1.81 bits per heavy atom. The summed E-state index contributed by atoms with van der Waals surface area (Å²) in [7, 11) is -7.51. The maximum Gasteiger partial charge on any atom is 0.240 e. The zero-order valence-electron chi connectivity index (χ0n) is 23.3. The van der Waals surface area contributed by atoms with E-state index in [1.807, 2.05) is 4.68 Å². The van der Waals surface area contributed by atoms with E-state index in [2.05, 4.69) is 30.2 Å². The lowest BCUT2D eigenvalue weighted by atomic mass is 9.96. The van der Waals surface area contributed by atoms with E-state index in [0.717, 1.165) is 25.7 Å². The molecule has 2 aromatic heterocycles. The molecule has 230 valence electrons. The van der Waals surface area contributed by atoms with Crippen molar-refractivity contribution in [2.24, 2.45) is 0 Å². The SMILES string of the molecule is O=S(=O)(NCCO)c1ccc(Nc2nc(Nc3ccc(S(=O)(=O)NCCO)cc3)c3cnn(C4CCCCC4)c3n2)cc1. The lowest BCUT2D eigenvalue weighted by Crippen LogP contribution is -2.26. The number of fused-ring (bicyclic) bond motifs is 1. The van der Waals surface area contributed by atoms with Crippen LogP contribution in [0.3, 0.4) is 0 Å². The van der Waals surface area contributed by atoms with E-state index < -0.39 is 20.0 Å². The molecule has 14 nitrogen and oxygen atoms in total. The van der Waals surface area contributed by atoms with Crippen LogP contribution in [0.25, 0.3) is 11.0 Å². The van der Waals surface area contributed by atoms with Gasteiger partial charge in [-0.1, -0.05) is 19.3 Å². The summed E-state index contributed by atoms with van der Waals surface area (Å²) in [6.45, 7) is -0.781. The fraction of sp³-hybridized carbons (Fsp3) is 0.370. The lowest BCUT2D eigenvalue weighted by molar-refractivity contribution is 0.300. The van der Waals surface area contributed by atoms with E-state index in [1.165, 1.54) is 30.7 Å². The van der Waals surface area contributed by atoms with Gasteiger partial charge in [0, 0.05) is 24.5 Å². The summed E-state index contributed by atoms with van der Waals surface area (Å²) in [5, 5.41) is 29.6. The molecule has 43 heavy (non-hydrogen) atoms. The highest BCUT2D eigenvalue weighted by Gasteiger charge is 2.22. The summed E-state index contributed by atoms with van der Waals surface area (Å²) in [6, 6.07) is 12.4. The van der Waals surface area contributed by atoms with Gasteiger partial charge in [-0.15, -0.1) is 0 Å². The second kappa shape index (κ2) is 13.3. The van der Waals surface area contributed by atoms with Gasteiger partial charge in [0.2, 0.25) is 26.0 Å². The number of sulfonamides is 2. The van der Waals surface area contributed by atoms with E-state index in [0.29, 0.717) is 28.2 Å². The maximum absolute atomic E-state index is 12.4. The number of benzene rings is 2. The molecule has 0 spiro atoms. The summed E-state index contributed by atoms with van der Waals surface area (Å²) in [5.74, 6) is 0.713. The van der Waals surface area contributed by atoms with Crippen molar-refractivity contribution < 1.29 is 27.0 Å². The van der Waals surface area contributed by atoms with Gasteiger partial charge in [-0.2, -0.15) is 15.1 Å². The quantitative estimate of drug-likeness (QED) is 0.127. The number of aliphatic hydroxyl groups excluding tert-OH is 2. The molecule has 16 heteroatoms. The van der Waals surface area contributed by atoms with E-state index >= 15 is 0 Å². The van der Waals surface area contributed by atoms with Crippen LogP contribution in [-0.2, 0) is 20.0 Å². The van der Waals surface area contributed by atoms with Crippen molar-refractivity contribution in [3.63, 3.8) is 0 Å². The minimum Gasteiger partial charge on any atom is -0.395 e. The molecule has 2 heterocycles. The standard InChI is InChI=1S/C27H34N8O6S2/c36-16-14-29-42(38,39)22-10-6-19(7-11-22)31-25-24-18-28-35(21-4-2-1-3-5-21)26(24)34-27(33-25)32-20-8-12-23(13-9-20)43(40,41)30-15-17-37/h6-13,18,21,29-30,36-37H,1-5,14-17H2,(H2,31,32,33,34). The Bertz CT molecular complexity index is 1760. The molecule has 0 saturated heterocycles. The van der Waals surface area contributed by atoms with Crippen LogP contribution in [0.1, 0.15) is 38.1 Å². The van der Waals surface area contributed by atoms with E-state index in [1.54, 1.807) is 30.5 Å². The minimum absolute atomic E-state index is 0.0534. The van der Waals surface area contributed by atoms with Crippen LogP contribution in [0, 0.1) is 0 Å². The molecule has 0 bridgehead atoms. The van der Waals surface area contributed by atoms with Crippen LogP contribution in [0.4, 0.5) is 23.1 Å². The second-order valence-corrected chi connectivity index (χ2v) is 13.6. The number of hydrogen-bond donors (Lipinski definition) is 6. The van der Waals surface area contributed by atoms with Crippen LogP contribution >= 0.6 is 0 Å². The number of rotatable bonds is 13. The van der Waals surface area contributed by atoms with Crippen molar-refractivity contribution >= 4 is 54.2 Å². The molecule has 5 rings (SSSR count). The lowest BCUT2D eigenvalue weighted by Gasteiger charge is -2.22. The second-order valence-electron chi connectivity index (χ2n) is 10.1. The first-order valence-electron chi connectivity index (χ1n) is 13.9. The van der Waals surface area contributed by atoms with Crippen molar-refractivity contribution in [1.82, 2.24) is 29.2 Å². The molecule has 0 radical (unpaired) electrons. The van der Waals surface area contributed by atoms with Gasteiger partial charge in [0.25, 0.3) is 0 Å². The zero-order chi connectivity index (χ0) is 30.5. The molecule has 1 saturated carbocycles. The Morgan fingerprint density at radius 2 is 1.28 bits per heavy atom. The van der Waals surface area contributed by atoms with Gasteiger partial charge in [-0.3, -0.25) is 0 Å². The zero-order valence-corrected chi connectivity index (χ0v) is 24.9. The average Bonchev–Trinajstić information content (AvgIpc) is 3.44. The normalized spacial score (nSPS) is 14.7. The summed E-state index contributed by atoms with van der Waals surface area (Å²) in [4.78, 5) is 9.55. The summed E-state index contributed by atoms with van der Waals surface area (Å²) < 4.78 is 56.1. The van der Waals surface area contributed by atoms with Crippen LogP contribution in [0.2, 0.25) is 0 Å². The molecular formula is C27H34N8O6S2. The van der Waals surface area contributed by atoms with Crippen LogP contribution in [-0.4, -0.2) is 73.1 Å². The summed E-state index contributed by atoms with van der Waals surface area (Å²) >= 11 is 0. The summed E-state index contributed by atoms with van der Waals surface area (Å²) in [5.41, 5.74) is 1.77. The van der Waals surface area contributed by atoms with Crippen molar-refractivity contribution in [3.05, 3.63) is 54.7 Å². The highest BCUT2D eigenvalue weighted by molar-refractivity contribution is 7.89. The third-order valence-corrected chi connectivity index (χ3v) is 9.98. The van der Waals surface area contributed by atoms with Gasteiger partial charge in [0.05, 0.1) is 40.6 Å². The molecule has 1 aliphatic carbocycles. The number of hydrogen-bond acceptors (Lipinski definition) is 11. The third-order valence-electron chi connectivity index (χ3n) is 7.03. The van der Waals surface area contributed by atoms with E-state index in [4.69, 9.17) is 15.2 Å². The number of aliphatic hydroxyl groups is 2. The van der Waals surface area contributed by atoms with Gasteiger partial charge < -0.3 is 20.8 Å². The number of nitrogens with zero attached hydrogens (tertiary/aromatic N) is 4. The summed E-state index contributed by atoms with van der Waals surface area (Å²) in [6.07, 6.45) is 7.11. The molecule has 0 aliphatic heterocycles. The average molecular weight is 631 g/mol. The first kappa shape index (κ1) is 30.8. The largest absolute Gasteiger partial charge is 0.395 e. The Morgan fingerprint density at radius 1 is 0.744 bits per heavy atom. The maximum atomic E-state index is 12.4. The number of nitrogens with one attached hydrogen (secondary N) is 4. The number of anilines is 4. The Kier molecular flexibility index (Phi) is 9.53. The molecule has 6 N–H and O–H groups in total. The first-order valence-corrected chi connectivity index (χ1v) is 16.9. The molecule has 0 atom stereocenters. The van der Waals surface area contributed by atoms with Gasteiger partial charge in [0.1, 0.15) is 5.82 Å².